The Kier molecular flexibility index (Phi) is 8.93. The van der Waals surface area contributed by atoms with Crippen LogP contribution in [0.3, 0.4) is 0 Å². The standard InChI is InChI=1S/C13H16N2O2.C6H8O7/c1-2-3-9-11-12(16)14-15(13(11)17)10-7-5-4-6-8-10;7-3(8)1-6(13,5(11)12)2-4(9)10/h4-8,11H,2-3,9H2,1H3,(H,14,16);13H,1-2H2,(H,7,8)(H,9,10)(H,11,12). The van der Waals surface area contributed by atoms with Crippen molar-refractivity contribution in [1.29, 1.82) is 0 Å². The zero-order valence-electron chi connectivity index (χ0n) is 16.3. The second-order valence-corrected chi connectivity index (χ2v) is 6.66. The lowest BCUT2D eigenvalue weighted by Crippen LogP contribution is -2.42. The molecule has 1 saturated heterocycles. The van der Waals surface area contributed by atoms with E-state index in [0.717, 1.165) is 12.8 Å². The van der Waals surface area contributed by atoms with Crippen LogP contribution in [-0.4, -0.2) is 55.7 Å². The van der Waals surface area contributed by atoms with Crippen LogP contribution in [0.15, 0.2) is 30.3 Å². The summed E-state index contributed by atoms with van der Waals surface area (Å²) in [5, 5.41) is 35.2. The second-order valence-electron chi connectivity index (χ2n) is 6.66. The van der Waals surface area contributed by atoms with Gasteiger partial charge in [0.05, 0.1) is 18.5 Å². The highest BCUT2D eigenvalue weighted by molar-refractivity contribution is 6.14. The predicted octanol–water partition coefficient (Wildman–Crippen LogP) is 0.622. The van der Waals surface area contributed by atoms with E-state index >= 15 is 0 Å². The van der Waals surface area contributed by atoms with Gasteiger partial charge in [-0.15, -0.1) is 0 Å². The number of amides is 2. The number of carbonyl (C=O) groups is 5. The van der Waals surface area contributed by atoms with Gasteiger partial charge in [0.25, 0.3) is 11.8 Å². The maximum atomic E-state index is 12.1. The van der Waals surface area contributed by atoms with Gasteiger partial charge < -0.3 is 20.4 Å². The number of aliphatic carboxylic acids is 3. The summed E-state index contributed by atoms with van der Waals surface area (Å²) in [5.74, 6) is -5.87. The summed E-state index contributed by atoms with van der Waals surface area (Å²) >= 11 is 0. The van der Waals surface area contributed by atoms with E-state index in [-0.39, 0.29) is 11.8 Å². The number of carboxylic acids is 3. The average Bonchev–Trinajstić information content (AvgIpc) is 2.93. The molecule has 11 nitrogen and oxygen atoms in total. The summed E-state index contributed by atoms with van der Waals surface area (Å²) < 4.78 is 0. The Labute approximate surface area is 171 Å². The van der Waals surface area contributed by atoms with E-state index < -0.39 is 42.3 Å². The number of nitrogens with one attached hydrogen (secondary N) is 1. The van der Waals surface area contributed by atoms with Crippen molar-refractivity contribution in [2.75, 3.05) is 5.01 Å². The largest absolute Gasteiger partial charge is 0.481 e. The summed E-state index contributed by atoms with van der Waals surface area (Å²) in [6.45, 7) is 2.05. The van der Waals surface area contributed by atoms with Crippen molar-refractivity contribution in [1.82, 2.24) is 5.43 Å². The van der Waals surface area contributed by atoms with Crippen LogP contribution in [0.25, 0.3) is 0 Å². The average molecular weight is 424 g/mol. The number of hydrazine groups is 1. The fraction of sp³-hybridized carbons (Fsp3) is 0.421. The van der Waals surface area contributed by atoms with Crippen molar-refractivity contribution < 1.29 is 44.4 Å². The van der Waals surface area contributed by atoms with Gasteiger partial charge in [0, 0.05) is 0 Å². The van der Waals surface area contributed by atoms with Crippen molar-refractivity contribution in [3.05, 3.63) is 30.3 Å². The molecule has 1 atom stereocenters. The van der Waals surface area contributed by atoms with Crippen LogP contribution < -0.4 is 10.4 Å². The van der Waals surface area contributed by atoms with Crippen molar-refractivity contribution in [2.24, 2.45) is 5.92 Å². The lowest BCUT2D eigenvalue weighted by Gasteiger charge is -2.18. The summed E-state index contributed by atoms with van der Waals surface area (Å²) in [4.78, 5) is 54.3. The Morgan fingerprint density at radius 2 is 1.57 bits per heavy atom. The lowest BCUT2D eigenvalue weighted by atomic mass is 9.96. The van der Waals surface area contributed by atoms with Crippen LogP contribution in [0.2, 0.25) is 0 Å². The van der Waals surface area contributed by atoms with Crippen LogP contribution >= 0.6 is 0 Å². The molecular formula is C19H24N2O9. The molecule has 30 heavy (non-hydrogen) atoms. The highest BCUT2D eigenvalue weighted by atomic mass is 16.4. The quantitative estimate of drug-likeness (QED) is 0.355. The molecule has 0 spiro atoms. The maximum absolute atomic E-state index is 12.1. The van der Waals surface area contributed by atoms with Crippen molar-refractivity contribution in [3.63, 3.8) is 0 Å². The molecule has 0 aliphatic carbocycles. The third-order valence-electron chi connectivity index (χ3n) is 4.20. The number of nitrogens with zero attached hydrogens (tertiary/aromatic N) is 1. The molecule has 1 aliphatic rings. The highest BCUT2D eigenvalue weighted by Gasteiger charge is 2.41. The summed E-state index contributed by atoms with van der Waals surface area (Å²) in [6, 6.07) is 9.17. The van der Waals surface area contributed by atoms with Crippen molar-refractivity contribution in [3.8, 4) is 0 Å². The molecule has 0 radical (unpaired) electrons. The Morgan fingerprint density at radius 1 is 1.03 bits per heavy atom. The molecular weight excluding hydrogens is 400 g/mol. The minimum atomic E-state index is -2.74. The number of hydrogen-bond acceptors (Lipinski definition) is 6. The third kappa shape index (κ3) is 6.85. The fourth-order valence-electron chi connectivity index (χ4n) is 2.66. The zero-order chi connectivity index (χ0) is 22.9. The minimum Gasteiger partial charge on any atom is -0.481 e. The fourth-order valence-corrected chi connectivity index (χ4v) is 2.66. The molecule has 11 heteroatoms. The van der Waals surface area contributed by atoms with Gasteiger partial charge in [-0.05, 0) is 18.6 Å². The molecule has 0 saturated carbocycles. The van der Waals surface area contributed by atoms with Crippen LogP contribution in [0, 0.1) is 5.92 Å². The zero-order valence-corrected chi connectivity index (χ0v) is 16.3. The monoisotopic (exact) mass is 424 g/mol. The normalized spacial score (nSPS) is 15.8. The van der Waals surface area contributed by atoms with Crippen LogP contribution in [-0.2, 0) is 24.0 Å². The molecule has 1 heterocycles. The third-order valence-corrected chi connectivity index (χ3v) is 4.20. The first-order valence-electron chi connectivity index (χ1n) is 9.10. The molecule has 5 N–H and O–H groups in total. The number of hydrogen-bond donors (Lipinski definition) is 5. The lowest BCUT2D eigenvalue weighted by molar-refractivity contribution is -0.170. The molecule has 1 aliphatic heterocycles. The Bertz CT molecular complexity index is 778. The molecule has 1 fully saturated rings. The number of benzene rings is 1. The Morgan fingerprint density at radius 3 is 2.00 bits per heavy atom. The van der Waals surface area contributed by atoms with E-state index in [1.807, 2.05) is 25.1 Å². The molecule has 164 valence electrons. The topological polar surface area (TPSA) is 182 Å². The minimum absolute atomic E-state index is 0.144. The summed E-state index contributed by atoms with van der Waals surface area (Å²) in [7, 11) is 0. The number of anilines is 1. The van der Waals surface area contributed by atoms with E-state index in [2.05, 4.69) is 5.43 Å². The maximum Gasteiger partial charge on any atom is 0.336 e. The van der Waals surface area contributed by atoms with Gasteiger partial charge in [-0.3, -0.25) is 24.6 Å². The predicted molar refractivity (Wildman–Crippen MR) is 102 cm³/mol. The van der Waals surface area contributed by atoms with Crippen LogP contribution in [0.1, 0.15) is 39.0 Å². The summed E-state index contributed by atoms with van der Waals surface area (Å²) in [5.41, 5.74) is 0.598. The number of aliphatic hydroxyl groups is 1. The van der Waals surface area contributed by atoms with Crippen molar-refractivity contribution in [2.45, 2.75) is 44.6 Å². The first-order chi connectivity index (χ1) is 14.0. The first-order valence-corrected chi connectivity index (χ1v) is 9.10. The number of carboxylic acid groups (broad SMARTS) is 3. The summed E-state index contributed by atoms with van der Waals surface area (Å²) in [6.07, 6.45) is 0.225. The van der Waals surface area contributed by atoms with Crippen LogP contribution in [0.5, 0.6) is 0 Å². The second kappa shape index (κ2) is 10.9. The molecule has 2 rings (SSSR count). The van der Waals surface area contributed by atoms with E-state index in [1.165, 1.54) is 5.01 Å². The van der Waals surface area contributed by atoms with Gasteiger partial charge in [-0.25, -0.2) is 9.80 Å². The Balaban J connectivity index is 0.000000314. The number of para-hydroxylation sites is 1. The molecule has 1 unspecified atom stereocenters. The SMILES string of the molecule is CCCCC1C(=O)NN(c2ccccc2)C1=O.O=C(O)CC(O)(CC(=O)O)C(=O)O. The van der Waals surface area contributed by atoms with Gasteiger partial charge in [0.15, 0.2) is 5.60 Å². The van der Waals surface area contributed by atoms with Gasteiger partial charge in [0.1, 0.15) is 5.92 Å². The van der Waals surface area contributed by atoms with Crippen LogP contribution in [0.4, 0.5) is 5.69 Å². The first kappa shape index (κ1) is 24.6. The number of unbranched alkanes of at least 4 members (excludes halogenated alkanes) is 1. The molecule has 1 aromatic carbocycles. The molecule has 1 aromatic rings. The van der Waals surface area contributed by atoms with Gasteiger partial charge >= 0.3 is 17.9 Å². The van der Waals surface area contributed by atoms with Gasteiger partial charge in [-0.2, -0.15) is 0 Å². The van der Waals surface area contributed by atoms with E-state index in [9.17, 15) is 24.0 Å². The highest BCUT2D eigenvalue weighted by Crippen LogP contribution is 2.22. The molecule has 0 aromatic heterocycles. The molecule has 2 amide bonds. The van der Waals surface area contributed by atoms with Gasteiger partial charge in [-0.1, -0.05) is 38.0 Å². The number of rotatable bonds is 9. The van der Waals surface area contributed by atoms with Crippen molar-refractivity contribution >= 4 is 35.4 Å². The molecule has 0 bridgehead atoms. The van der Waals surface area contributed by atoms with E-state index in [0.29, 0.717) is 12.1 Å². The Hall–Kier alpha value is -3.47. The number of carbonyl (C=O) groups excluding carboxylic acids is 2. The van der Waals surface area contributed by atoms with E-state index in [1.54, 1.807) is 12.1 Å². The van der Waals surface area contributed by atoms with E-state index in [4.69, 9.17) is 20.4 Å². The van der Waals surface area contributed by atoms with Gasteiger partial charge in [0.2, 0.25) is 0 Å². The smallest absolute Gasteiger partial charge is 0.336 e.